The zero-order valence-electron chi connectivity index (χ0n) is 19.9. The molecule has 2 fully saturated rings. The molecule has 8 nitrogen and oxygen atoms in total. The number of nitrogens with one attached hydrogen (secondary N) is 1. The maximum Gasteiger partial charge on any atom is 0.254 e. The highest BCUT2D eigenvalue weighted by molar-refractivity contribution is 7.84. The van der Waals surface area contributed by atoms with Crippen LogP contribution in [0.1, 0.15) is 64.6 Å². The standard InChI is InChI=1S/C23H35ClN2O6S/c1-22(2,3)33(30)25-20(16-11-17(24)15(12-27)10-18(16)28)14-6-8-26(9-7-14)21(29)19-13-31-23(4,5)32-19/h10-11,14,19-20,25,27-28H,6-9,12-13H2,1-5H3/t19-,20-,33?/m1/s1. The molecule has 0 saturated carbocycles. The van der Waals surface area contributed by atoms with Gasteiger partial charge >= 0.3 is 0 Å². The first kappa shape index (κ1) is 26.4. The van der Waals surface area contributed by atoms with Crippen molar-refractivity contribution in [3.8, 4) is 5.75 Å². The van der Waals surface area contributed by atoms with Crippen molar-refractivity contribution < 1.29 is 28.7 Å². The quantitative estimate of drug-likeness (QED) is 0.552. The molecule has 3 rings (SSSR count). The summed E-state index contributed by atoms with van der Waals surface area (Å²) in [6.45, 7) is 10.2. The van der Waals surface area contributed by atoms with Crippen LogP contribution in [0.4, 0.5) is 0 Å². The number of phenolic OH excluding ortho intramolecular Hbond substituents is 1. The average molecular weight is 503 g/mol. The molecule has 1 amide bonds. The Kier molecular flexibility index (Phi) is 8.13. The number of halogens is 1. The van der Waals surface area contributed by atoms with Crippen LogP contribution in [0.5, 0.6) is 5.75 Å². The SMILES string of the molecule is CC1(C)OC[C@H](C(=O)N2CCC([C@@H](NS(=O)C(C)(C)C)c3cc(Cl)c(CO)cc3O)CC2)O1. The molecule has 0 spiro atoms. The molecule has 0 radical (unpaired) electrons. The van der Waals surface area contributed by atoms with E-state index in [2.05, 4.69) is 4.72 Å². The van der Waals surface area contributed by atoms with Crippen molar-refractivity contribution in [3.63, 3.8) is 0 Å². The van der Waals surface area contributed by atoms with Gasteiger partial charge in [0.2, 0.25) is 0 Å². The maximum absolute atomic E-state index is 13.0. The number of benzene rings is 1. The summed E-state index contributed by atoms with van der Waals surface area (Å²) < 4.78 is 26.9. The Hall–Kier alpha value is -1.23. The van der Waals surface area contributed by atoms with E-state index in [4.69, 9.17) is 21.1 Å². The molecule has 1 aromatic carbocycles. The van der Waals surface area contributed by atoms with Gasteiger partial charge < -0.3 is 24.6 Å². The first-order valence-electron chi connectivity index (χ1n) is 11.2. The molecular formula is C23H35ClN2O6S. The van der Waals surface area contributed by atoms with Gasteiger partial charge in [-0.2, -0.15) is 0 Å². The van der Waals surface area contributed by atoms with E-state index in [9.17, 15) is 19.2 Å². The molecule has 0 aromatic heterocycles. The molecule has 3 N–H and O–H groups in total. The largest absolute Gasteiger partial charge is 0.508 e. The van der Waals surface area contributed by atoms with Gasteiger partial charge in [0.05, 0.1) is 35.0 Å². The lowest BCUT2D eigenvalue weighted by Gasteiger charge is -2.38. The van der Waals surface area contributed by atoms with E-state index in [0.717, 1.165) is 0 Å². The van der Waals surface area contributed by atoms with E-state index in [1.807, 2.05) is 20.8 Å². The third kappa shape index (κ3) is 6.26. The number of nitrogens with zero attached hydrogens (tertiary/aromatic N) is 1. The maximum atomic E-state index is 13.0. The Morgan fingerprint density at radius 2 is 1.97 bits per heavy atom. The van der Waals surface area contributed by atoms with Gasteiger partial charge in [-0.05, 0) is 71.1 Å². The molecule has 2 aliphatic heterocycles. The number of hydrogen-bond donors (Lipinski definition) is 3. The Bertz CT molecular complexity index is 896. The molecule has 1 aromatic rings. The van der Waals surface area contributed by atoms with Crippen LogP contribution in [0.25, 0.3) is 0 Å². The number of piperidine rings is 1. The van der Waals surface area contributed by atoms with Gasteiger partial charge in [0.25, 0.3) is 5.91 Å². The van der Waals surface area contributed by atoms with Crippen LogP contribution >= 0.6 is 11.6 Å². The van der Waals surface area contributed by atoms with Crippen molar-refractivity contribution in [1.82, 2.24) is 9.62 Å². The summed E-state index contributed by atoms with van der Waals surface area (Å²) in [5.74, 6) is -0.842. The Morgan fingerprint density at radius 1 is 1.33 bits per heavy atom. The highest BCUT2D eigenvalue weighted by Crippen LogP contribution is 2.39. The number of amides is 1. The van der Waals surface area contributed by atoms with Crippen molar-refractivity contribution in [2.75, 3.05) is 19.7 Å². The van der Waals surface area contributed by atoms with Crippen molar-refractivity contribution in [2.24, 2.45) is 5.92 Å². The molecule has 1 unspecified atom stereocenters. The summed E-state index contributed by atoms with van der Waals surface area (Å²) in [4.78, 5) is 14.7. The number of rotatable bonds is 6. The van der Waals surface area contributed by atoms with E-state index in [1.165, 1.54) is 6.07 Å². The Morgan fingerprint density at radius 3 is 2.48 bits per heavy atom. The first-order valence-corrected chi connectivity index (χ1v) is 12.8. The predicted molar refractivity (Wildman–Crippen MR) is 127 cm³/mol. The molecule has 0 bridgehead atoms. The zero-order valence-corrected chi connectivity index (χ0v) is 21.5. The smallest absolute Gasteiger partial charge is 0.254 e. The van der Waals surface area contributed by atoms with E-state index in [1.54, 1.807) is 24.8 Å². The summed E-state index contributed by atoms with van der Waals surface area (Å²) in [5.41, 5.74) is 0.963. The van der Waals surface area contributed by atoms with Gasteiger partial charge in [-0.1, -0.05) is 11.6 Å². The second-order valence-electron chi connectivity index (χ2n) is 10.1. The first-order chi connectivity index (χ1) is 15.3. The fraction of sp³-hybridized carbons (Fsp3) is 0.696. The molecule has 3 atom stereocenters. The lowest BCUT2D eigenvalue weighted by atomic mass is 9.85. The summed E-state index contributed by atoms with van der Waals surface area (Å²) in [5, 5.41) is 20.5. The molecule has 0 aliphatic carbocycles. The van der Waals surface area contributed by atoms with Gasteiger partial charge in [0, 0.05) is 23.7 Å². The lowest BCUT2D eigenvalue weighted by molar-refractivity contribution is -0.161. The molecule has 10 heteroatoms. The van der Waals surface area contributed by atoms with E-state index < -0.39 is 33.7 Å². The molecule has 2 aliphatic rings. The number of carbonyl (C=O) groups is 1. The molecular weight excluding hydrogens is 468 g/mol. The van der Waals surface area contributed by atoms with E-state index in [0.29, 0.717) is 42.1 Å². The minimum absolute atomic E-state index is 0.0101. The fourth-order valence-corrected chi connectivity index (χ4v) is 5.30. The second-order valence-corrected chi connectivity index (χ2v) is 12.5. The summed E-state index contributed by atoms with van der Waals surface area (Å²) in [6.07, 6.45) is 0.703. The number of likely N-dealkylation sites (tertiary alicyclic amines) is 1. The third-order valence-corrected chi connectivity index (χ3v) is 8.03. The number of phenols is 1. The van der Waals surface area contributed by atoms with Crippen molar-refractivity contribution >= 4 is 28.5 Å². The van der Waals surface area contributed by atoms with E-state index in [-0.39, 0.29) is 30.8 Å². The predicted octanol–water partition coefficient (Wildman–Crippen LogP) is 3.02. The van der Waals surface area contributed by atoms with Crippen LogP contribution in [-0.4, -0.2) is 61.6 Å². The van der Waals surface area contributed by atoms with Gasteiger partial charge in [-0.3, -0.25) is 4.79 Å². The van der Waals surface area contributed by atoms with Gasteiger partial charge in [0.1, 0.15) is 5.75 Å². The number of aromatic hydroxyl groups is 1. The van der Waals surface area contributed by atoms with Crippen LogP contribution in [0.3, 0.4) is 0 Å². The molecule has 186 valence electrons. The summed E-state index contributed by atoms with van der Waals surface area (Å²) in [7, 11) is -1.39. The number of ether oxygens (including phenoxy) is 2. The highest BCUT2D eigenvalue weighted by atomic mass is 35.5. The normalized spacial score (nSPS) is 23.5. The minimum Gasteiger partial charge on any atom is -0.508 e. The molecule has 33 heavy (non-hydrogen) atoms. The Labute approximate surface area is 203 Å². The fourth-order valence-electron chi connectivity index (χ4n) is 4.16. The van der Waals surface area contributed by atoms with Crippen LogP contribution in [0.2, 0.25) is 5.02 Å². The van der Waals surface area contributed by atoms with Crippen molar-refractivity contribution in [2.45, 2.75) is 76.7 Å². The topological polar surface area (TPSA) is 108 Å². The molecule has 2 heterocycles. The molecule has 2 saturated heterocycles. The van der Waals surface area contributed by atoms with Crippen molar-refractivity contribution in [3.05, 3.63) is 28.3 Å². The Balaban J connectivity index is 1.78. The summed E-state index contributed by atoms with van der Waals surface area (Å²) in [6, 6.07) is 2.64. The lowest BCUT2D eigenvalue weighted by Crippen LogP contribution is -2.47. The van der Waals surface area contributed by atoms with Crippen molar-refractivity contribution in [1.29, 1.82) is 0 Å². The van der Waals surface area contributed by atoms with Crippen LogP contribution < -0.4 is 4.72 Å². The monoisotopic (exact) mass is 502 g/mol. The summed E-state index contributed by atoms with van der Waals surface area (Å²) >= 11 is 6.32. The highest BCUT2D eigenvalue weighted by Gasteiger charge is 2.41. The zero-order chi connectivity index (χ0) is 24.6. The third-order valence-electron chi connectivity index (χ3n) is 6.10. The van der Waals surface area contributed by atoms with Gasteiger partial charge in [-0.15, -0.1) is 0 Å². The minimum atomic E-state index is -1.39. The van der Waals surface area contributed by atoms with Crippen LogP contribution in [0.15, 0.2) is 12.1 Å². The van der Waals surface area contributed by atoms with Crippen LogP contribution in [0, 0.1) is 5.92 Å². The average Bonchev–Trinajstić information content (AvgIpc) is 3.12. The number of carbonyl (C=O) groups excluding carboxylic acids is 1. The van der Waals surface area contributed by atoms with Gasteiger partial charge in [0.15, 0.2) is 11.9 Å². The number of aliphatic hydroxyl groups is 1. The number of aliphatic hydroxyl groups excluding tert-OH is 1. The van der Waals surface area contributed by atoms with Gasteiger partial charge in [-0.25, -0.2) is 8.93 Å². The van der Waals surface area contributed by atoms with E-state index >= 15 is 0 Å². The second kappa shape index (κ2) is 10.2. The van der Waals surface area contributed by atoms with Crippen LogP contribution in [-0.2, 0) is 31.9 Å². The number of hydrogen-bond acceptors (Lipinski definition) is 6.